The summed E-state index contributed by atoms with van der Waals surface area (Å²) in [6.45, 7) is 0.385. The molecule has 1 aliphatic carbocycles. The van der Waals surface area contributed by atoms with Gasteiger partial charge in [0.05, 0.1) is 30.3 Å². The molecule has 2 heterocycles. The highest BCUT2D eigenvalue weighted by Gasteiger charge is 2.28. The lowest BCUT2D eigenvalue weighted by molar-refractivity contribution is 0.103. The number of ketones is 1. The Morgan fingerprint density at radius 1 is 1.29 bits per heavy atom. The highest BCUT2D eigenvalue weighted by Crippen LogP contribution is 2.29. The molecule has 0 aliphatic heterocycles. The molecule has 1 aromatic carbocycles. The molecule has 0 saturated heterocycles. The molecule has 0 spiro atoms. The zero-order valence-electron chi connectivity index (χ0n) is 18.2. The van der Waals surface area contributed by atoms with Crippen molar-refractivity contribution in [2.24, 2.45) is 11.1 Å². The number of anilines is 1. The van der Waals surface area contributed by atoms with Gasteiger partial charge in [0.25, 0.3) is 0 Å². The van der Waals surface area contributed by atoms with Crippen LogP contribution in [0.2, 0.25) is 0 Å². The van der Waals surface area contributed by atoms with Crippen LogP contribution in [-0.2, 0) is 21.0 Å². The third-order valence-electron chi connectivity index (χ3n) is 5.65. The molecular weight excluding hydrogens is 458 g/mol. The maximum absolute atomic E-state index is 13.2. The van der Waals surface area contributed by atoms with E-state index in [1.165, 1.54) is 12.5 Å². The molecule has 1 fully saturated rings. The Labute approximate surface area is 196 Å². The van der Waals surface area contributed by atoms with Crippen LogP contribution < -0.4 is 10.5 Å². The normalized spacial score (nSPS) is 17.9. The van der Waals surface area contributed by atoms with Gasteiger partial charge in [-0.05, 0) is 42.9 Å². The first kappa shape index (κ1) is 23.5. The molecule has 1 saturated carbocycles. The minimum absolute atomic E-state index is 0.00410. The molecule has 0 amide bonds. The summed E-state index contributed by atoms with van der Waals surface area (Å²) < 4.78 is 28.3. The van der Waals surface area contributed by atoms with Crippen LogP contribution in [0.3, 0.4) is 0 Å². The number of carbonyl (C=O) groups is 1. The van der Waals surface area contributed by atoms with E-state index in [1.807, 2.05) is 12.1 Å². The minimum Gasteiger partial charge on any atom is -0.367 e. The topological polar surface area (TPSA) is 166 Å². The minimum atomic E-state index is -3.97. The van der Waals surface area contributed by atoms with E-state index in [1.54, 1.807) is 29.1 Å². The summed E-state index contributed by atoms with van der Waals surface area (Å²) in [7, 11) is -3.97. The lowest BCUT2D eigenvalue weighted by Gasteiger charge is -2.15. The average molecular weight is 482 g/mol. The Bertz CT molecular complexity index is 1330. The number of carbonyl (C=O) groups excluding carboxylic acids is 1. The smallest absolute Gasteiger partial charge is 0.333 e. The van der Waals surface area contributed by atoms with Crippen LogP contribution in [0.1, 0.15) is 46.4 Å². The Morgan fingerprint density at radius 2 is 2.12 bits per heavy atom. The van der Waals surface area contributed by atoms with Crippen LogP contribution in [0.15, 0.2) is 49.1 Å². The maximum Gasteiger partial charge on any atom is 0.333 e. The molecule has 2 unspecified atom stereocenters. The fraction of sp³-hybridized carbons (Fsp3) is 0.318. The van der Waals surface area contributed by atoms with E-state index in [-0.39, 0.29) is 35.6 Å². The molecule has 2 aromatic heterocycles. The number of benzene rings is 1. The monoisotopic (exact) mass is 481 g/mol. The lowest BCUT2D eigenvalue weighted by Crippen LogP contribution is -2.22. The zero-order valence-corrected chi connectivity index (χ0v) is 19.0. The molecule has 2 atom stereocenters. The number of nitriles is 1. The largest absolute Gasteiger partial charge is 0.367 e. The summed E-state index contributed by atoms with van der Waals surface area (Å²) in [5.74, 6) is 0.0914. The summed E-state index contributed by atoms with van der Waals surface area (Å²) in [5.41, 5.74) is 1.88. The highest BCUT2D eigenvalue weighted by atomic mass is 32.2. The van der Waals surface area contributed by atoms with Gasteiger partial charge >= 0.3 is 10.3 Å². The Kier molecular flexibility index (Phi) is 6.97. The van der Waals surface area contributed by atoms with E-state index in [0.717, 1.165) is 18.4 Å². The van der Waals surface area contributed by atoms with Crippen molar-refractivity contribution in [2.45, 2.75) is 31.8 Å². The summed E-state index contributed by atoms with van der Waals surface area (Å²) in [5, 5.41) is 21.8. The zero-order chi connectivity index (χ0) is 24.1. The van der Waals surface area contributed by atoms with Crippen molar-refractivity contribution in [3.8, 4) is 6.07 Å². The molecule has 1 aliphatic rings. The van der Waals surface area contributed by atoms with E-state index in [0.29, 0.717) is 24.3 Å². The first-order valence-corrected chi connectivity index (χ1v) is 12.1. The molecule has 12 heteroatoms. The van der Waals surface area contributed by atoms with Crippen molar-refractivity contribution >= 4 is 21.9 Å². The van der Waals surface area contributed by atoms with Crippen LogP contribution in [-0.4, -0.2) is 46.6 Å². The summed E-state index contributed by atoms with van der Waals surface area (Å²) in [6.07, 6.45) is 6.66. The van der Waals surface area contributed by atoms with E-state index in [2.05, 4.69) is 26.5 Å². The summed E-state index contributed by atoms with van der Waals surface area (Å²) in [4.78, 5) is 21.4. The van der Waals surface area contributed by atoms with Gasteiger partial charge in [0.1, 0.15) is 17.8 Å². The van der Waals surface area contributed by atoms with Crippen LogP contribution in [0.5, 0.6) is 0 Å². The predicted octanol–water partition coefficient (Wildman–Crippen LogP) is 1.62. The molecule has 0 radical (unpaired) electrons. The van der Waals surface area contributed by atoms with Crippen molar-refractivity contribution in [2.75, 3.05) is 11.9 Å². The third-order valence-corrected chi connectivity index (χ3v) is 6.12. The van der Waals surface area contributed by atoms with Gasteiger partial charge in [-0.25, -0.2) is 15.1 Å². The van der Waals surface area contributed by atoms with Gasteiger partial charge in [0.15, 0.2) is 0 Å². The molecular formula is C22H23N7O4S. The number of nitrogens with zero attached hydrogens (tertiary/aromatic N) is 5. The van der Waals surface area contributed by atoms with Crippen LogP contribution in [0, 0.1) is 17.2 Å². The SMILES string of the molecule is N#Cc1ccccc1Cn1ccc(C(=O)c2cncnc2NC2CCC(COS(N)(=O)=O)C2)n1. The fourth-order valence-corrected chi connectivity index (χ4v) is 4.39. The van der Waals surface area contributed by atoms with Crippen molar-refractivity contribution in [3.63, 3.8) is 0 Å². The molecule has 176 valence electrons. The molecule has 3 aromatic rings. The first-order valence-electron chi connectivity index (χ1n) is 10.6. The Balaban J connectivity index is 1.44. The van der Waals surface area contributed by atoms with E-state index in [9.17, 15) is 18.5 Å². The van der Waals surface area contributed by atoms with Crippen LogP contribution in [0.4, 0.5) is 5.82 Å². The van der Waals surface area contributed by atoms with Crippen molar-refractivity contribution in [1.82, 2.24) is 19.7 Å². The maximum atomic E-state index is 13.2. The van der Waals surface area contributed by atoms with Gasteiger partial charge in [-0.2, -0.15) is 18.8 Å². The van der Waals surface area contributed by atoms with Crippen LogP contribution >= 0.6 is 0 Å². The second-order valence-corrected chi connectivity index (χ2v) is 9.30. The number of nitrogens with one attached hydrogen (secondary N) is 1. The van der Waals surface area contributed by atoms with Crippen molar-refractivity contribution in [1.29, 1.82) is 5.26 Å². The summed E-state index contributed by atoms with van der Waals surface area (Å²) >= 11 is 0. The molecule has 3 N–H and O–H groups in total. The van der Waals surface area contributed by atoms with Gasteiger partial charge in [-0.1, -0.05) is 18.2 Å². The number of nitrogens with two attached hydrogens (primary N) is 1. The number of hydrogen-bond donors (Lipinski definition) is 2. The van der Waals surface area contributed by atoms with Gasteiger partial charge in [-0.15, -0.1) is 0 Å². The lowest BCUT2D eigenvalue weighted by atomic mass is 10.1. The number of rotatable bonds is 9. The molecule has 34 heavy (non-hydrogen) atoms. The second kappa shape index (κ2) is 10.1. The number of hydrogen-bond acceptors (Lipinski definition) is 9. The van der Waals surface area contributed by atoms with Gasteiger partial charge < -0.3 is 5.32 Å². The second-order valence-electron chi connectivity index (χ2n) is 8.08. The quantitative estimate of drug-likeness (QED) is 0.432. The van der Waals surface area contributed by atoms with Crippen molar-refractivity contribution < 1.29 is 17.4 Å². The summed E-state index contributed by atoms with van der Waals surface area (Å²) in [6, 6.07) is 11.0. The Morgan fingerprint density at radius 3 is 2.91 bits per heavy atom. The van der Waals surface area contributed by atoms with E-state index in [4.69, 9.17) is 9.32 Å². The van der Waals surface area contributed by atoms with E-state index < -0.39 is 10.3 Å². The predicted molar refractivity (Wildman–Crippen MR) is 122 cm³/mol. The third kappa shape index (κ3) is 5.82. The Hall–Kier alpha value is -3.66. The van der Waals surface area contributed by atoms with E-state index >= 15 is 0 Å². The van der Waals surface area contributed by atoms with Crippen molar-refractivity contribution in [3.05, 3.63) is 71.4 Å². The van der Waals surface area contributed by atoms with Gasteiger partial charge in [0, 0.05) is 18.4 Å². The first-order chi connectivity index (χ1) is 16.3. The van der Waals surface area contributed by atoms with Crippen LogP contribution in [0.25, 0.3) is 0 Å². The standard InChI is InChI=1S/C22H23N7O4S/c23-10-16-3-1-2-4-17(16)12-29-8-7-20(28-29)21(30)19-11-25-14-26-22(19)27-18-6-5-15(9-18)13-33-34(24,31)32/h1-4,7-8,11,14-15,18H,5-6,9,12-13H2,(H2,24,31,32)(H,25,26,27). The fourth-order valence-electron chi connectivity index (χ4n) is 4.00. The van der Waals surface area contributed by atoms with Gasteiger partial charge in [0.2, 0.25) is 5.78 Å². The average Bonchev–Trinajstić information content (AvgIpc) is 3.47. The van der Waals surface area contributed by atoms with Gasteiger partial charge in [-0.3, -0.25) is 13.7 Å². The molecule has 0 bridgehead atoms. The molecule has 11 nitrogen and oxygen atoms in total. The number of aromatic nitrogens is 4. The highest BCUT2D eigenvalue weighted by molar-refractivity contribution is 7.84. The molecule has 4 rings (SSSR count).